The molecule has 68 valence electrons. The van der Waals surface area contributed by atoms with Crippen LogP contribution in [-0.4, -0.2) is 12.7 Å². The van der Waals surface area contributed by atoms with E-state index in [1.165, 1.54) is 44.9 Å². The molecule has 0 aromatic carbocycles. The molecule has 0 aromatic heterocycles. The SMILES string of the molecule is C1=C(CC2CCCO2)CCCC1. The van der Waals surface area contributed by atoms with E-state index in [1.54, 1.807) is 5.57 Å². The molecular formula is C11H18O. The summed E-state index contributed by atoms with van der Waals surface area (Å²) in [5.74, 6) is 0. The van der Waals surface area contributed by atoms with E-state index in [0.717, 1.165) is 6.61 Å². The molecule has 0 radical (unpaired) electrons. The van der Waals surface area contributed by atoms with Crippen molar-refractivity contribution in [1.82, 2.24) is 0 Å². The average molecular weight is 166 g/mol. The first-order chi connectivity index (χ1) is 5.95. The summed E-state index contributed by atoms with van der Waals surface area (Å²) < 4.78 is 5.61. The number of ether oxygens (including phenoxy) is 1. The topological polar surface area (TPSA) is 9.23 Å². The van der Waals surface area contributed by atoms with Crippen molar-refractivity contribution >= 4 is 0 Å². The van der Waals surface area contributed by atoms with Crippen LogP contribution in [0.1, 0.15) is 44.9 Å². The molecule has 0 aromatic rings. The largest absolute Gasteiger partial charge is 0.378 e. The number of hydrogen-bond donors (Lipinski definition) is 0. The fourth-order valence-corrected chi connectivity index (χ4v) is 2.19. The third kappa shape index (κ3) is 2.10. The highest BCUT2D eigenvalue weighted by molar-refractivity contribution is 5.06. The van der Waals surface area contributed by atoms with Crippen LogP contribution in [0.15, 0.2) is 11.6 Å². The Bertz CT molecular complexity index is 166. The van der Waals surface area contributed by atoms with Crippen molar-refractivity contribution in [2.75, 3.05) is 6.61 Å². The van der Waals surface area contributed by atoms with Crippen LogP contribution in [0.4, 0.5) is 0 Å². The van der Waals surface area contributed by atoms with Crippen LogP contribution in [0.3, 0.4) is 0 Å². The maximum absolute atomic E-state index is 5.61. The summed E-state index contributed by atoms with van der Waals surface area (Å²) in [7, 11) is 0. The zero-order valence-corrected chi connectivity index (χ0v) is 7.72. The lowest BCUT2D eigenvalue weighted by Gasteiger charge is -2.15. The average Bonchev–Trinajstić information content (AvgIpc) is 2.59. The molecule has 0 saturated carbocycles. The van der Waals surface area contributed by atoms with Crippen LogP contribution in [-0.2, 0) is 4.74 Å². The summed E-state index contributed by atoms with van der Waals surface area (Å²) in [6.45, 7) is 0.998. The van der Waals surface area contributed by atoms with E-state index in [2.05, 4.69) is 6.08 Å². The number of rotatable bonds is 2. The standard InChI is InChI=1S/C11H18O/c1-2-5-10(6-3-1)9-11-7-4-8-12-11/h5,11H,1-4,6-9H2. The number of hydrogen-bond acceptors (Lipinski definition) is 1. The molecule has 0 amide bonds. The summed E-state index contributed by atoms with van der Waals surface area (Å²) in [6.07, 6.45) is 12.2. The molecule has 0 spiro atoms. The summed E-state index contributed by atoms with van der Waals surface area (Å²) in [5.41, 5.74) is 1.66. The van der Waals surface area contributed by atoms with Gasteiger partial charge in [-0.15, -0.1) is 0 Å². The molecule has 12 heavy (non-hydrogen) atoms. The quantitative estimate of drug-likeness (QED) is 0.573. The van der Waals surface area contributed by atoms with Crippen molar-refractivity contribution in [1.29, 1.82) is 0 Å². The van der Waals surface area contributed by atoms with Gasteiger partial charge in [-0.1, -0.05) is 11.6 Å². The van der Waals surface area contributed by atoms with Crippen LogP contribution in [0.5, 0.6) is 0 Å². The Kier molecular flexibility index (Phi) is 2.83. The smallest absolute Gasteiger partial charge is 0.0613 e. The van der Waals surface area contributed by atoms with E-state index < -0.39 is 0 Å². The van der Waals surface area contributed by atoms with Gasteiger partial charge in [0.1, 0.15) is 0 Å². The second-order valence-corrected chi connectivity index (χ2v) is 3.95. The zero-order chi connectivity index (χ0) is 8.23. The summed E-state index contributed by atoms with van der Waals surface area (Å²) >= 11 is 0. The van der Waals surface area contributed by atoms with Crippen molar-refractivity contribution in [3.8, 4) is 0 Å². The van der Waals surface area contributed by atoms with E-state index in [9.17, 15) is 0 Å². The van der Waals surface area contributed by atoms with E-state index in [1.807, 2.05) is 0 Å². The molecule has 1 aliphatic carbocycles. The van der Waals surface area contributed by atoms with Gasteiger partial charge in [0.25, 0.3) is 0 Å². The van der Waals surface area contributed by atoms with Crippen LogP contribution in [0, 0.1) is 0 Å². The molecule has 1 unspecified atom stereocenters. The van der Waals surface area contributed by atoms with Gasteiger partial charge < -0.3 is 4.74 Å². The lowest BCUT2D eigenvalue weighted by molar-refractivity contribution is 0.110. The van der Waals surface area contributed by atoms with Gasteiger partial charge in [0.15, 0.2) is 0 Å². The maximum atomic E-state index is 5.61. The predicted octanol–water partition coefficient (Wildman–Crippen LogP) is 3.06. The second kappa shape index (κ2) is 4.08. The Morgan fingerprint density at radius 2 is 2.33 bits per heavy atom. The summed E-state index contributed by atoms with van der Waals surface area (Å²) in [5, 5.41) is 0. The molecule has 1 saturated heterocycles. The van der Waals surface area contributed by atoms with Gasteiger partial charge in [-0.25, -0.2) is 0 Å². The Morgan fingerprint density at radius 1 is 1.33 bits per heavy atom. The highest BCUT2D eigenvalue weighted by Gasteiger charge is 2.17. The first kappa shape index (κ1) is 8.31. The van der Waals surface area contributed by atoms with Crippen molar-refractivity contribution in [2.24, 2.45) is 0 Å². The van der Waals surface area contributed by atoms with Crippen LogP contribution < -0.4 is 0 Å². The van der Waals surface area contributed by atoms with Crippen LogP contribution in [0.25, 0.3) is 0 Å². The molecule has 1 atom stereocenters. The minimum atomic E-state index is 0.564. The maximum Gasteiger partial charge on any atom is 0.0613 e. The van der Waals surface area contributed by atoms with E-state index in [-0.39, 0.29) is 0 Å². The minimum Gasteiger partial charge on any atom is -0.378 e. The molecule has 0 bridgehead atoms. The molecule has 1 fully saturated rings. The first-order valence-corrected chi connectivity index (χ1v) is 5.24. The fourth-order valence-electron chi connectivity index (χ4n) is 2.19. The van der Waals surface area contributed by atoms with Gasteiger partial charge in [0.05, 0.1) is 6.10 Å². The van der Waals surface area contributed by atoms with Crippen LogP contribution in [0.2, 0.25) is 0 Å². The highest BCUT2D eigenvalue weighted by Crippen LogP contribution is 2.26. The summed E-state index contributed by atoms with van der Waals surface area (Å²) in [6, 6.07) is 0. The van der Waals surface area contributed by atoms with Gasteiger partial charge in [0.2, 0.25) is 0 Å². The van der Waals surface area contributed by atoms with Gasteiger partial charge in [-0.05, 0) is 44.9 Å². The van der Waals surface area contributed by atoms with Crippen molar-refractivity contribution in [2.45, 2.75) is 51.0 Å². The van der Waals surface area contributed by atoms with Crippen LogP contribution >= 0.6 is 0 Å². The van der Waals surface area contributed by atoms with Gasteiger partial charge >= 0.3 is 0 Å². The highest BCUT2D eigenvalue weighted by atomic mass is 16.5. The third-order valence-electron chi connectivity index (χ3n) is 2.90. The Hall–Kier alpha value is -0.300. The van der Waals surface area contributed by atoms with Crippen molar-refractivity contribution in [3.63, 3.8) is 0 Å². The van der Waals surface area contributed by atoms with E-state index in [4.69, 9.17) is 4.74 Å². The Balaban J connectivity index is 1.80. The summed E-state index contributed by atoms with van der Waals surface area (Å²) in [4.78, 5) is 0. The molecule has 1 aliphatic heterocycles. The third-order valence-corrected chi connectivity index (χ3v) is 2.90. The zero-order valence-electron chi connectivity index (χ0n) is 7.72. The lowest BCUT2D eigenvalue weighted by Crippen LogP contribution is -2.07. The normalized spacial score (nSPS) is 30.3. The monoisotopic (exact) mass is 166 g/mol. The van der Waals surface area contributed by atoms with E-state index in [0.29, 0.717) is 6.10 Å². The first-order valence-electron chi connectivity index (χ1n) is 5.24. The van der Waals surface area contributed by atoms with Crippen molar-refractivity contribution in [3.05, 3.63) is 11.6 Å². The van der Waals surface area contributed by atoms with Gasteiger partial charge in [0, 0.05) is 6.61 Å². The molecule has 1 heterocycles. The Morgan fingerprint density at radius 3 is 3.00 bits per heavy atom. The fraction of sp³-hybridized carbons (Fsp3) is 0.818. The molecule has 2 aliphatic rings. The second-order valence-electron chi connectivity index (χ2n) is 3.95. The lowest BCUT2D eigenvalue weighted by atomic mass is 9.94. The Labute approximate surface area is 74.8 Å². The molecule has 2 rings (SSSR count). The van der Waals surface area contributed by atoms with Gasteiger partial charge in [-0.2, -0.15) is 0 Å². The minimum absolute atomic E-state index is 0.564. The predicted molar refractivity (Wildman–Crippen MR) is 50.1 cm³/mol. The van der Waals surface area contributed by atoms with Gasteiger partial charge in [-0.3, -0.25) is 0 Å². The molecule has 0 N–H and O–H groups in total. The van der Waals surface area contributed by atoms with Crippen molar-refractivity contribution < 1.29 is 4.74 Å². The molecule has 1 nitrogen and oxygen atoms in total. The van der Waals surface area contributed by atoms with E-state index >= 15 is 0 Å². The molecular weight excluding hydrogens is 148 g/mol. The molecule has 1 heteroatoms. The number of allylic oxidation sites excluding steroid dienone is 1.